The summed E-state index contributed by atoms with van der Waals surface area (Å²) in [5.41, 5.74) is 0.171. The van der Waals surface area contributed by atoms with Crippen LogP contribution in [0.4, 0.5) is 0 Å². The summed E-state index contributed by atoms with van der Waals surface area (Å²) in [7, 11) is 1.93. The minimum absolute atomic E-state index is 0.171. The van der Waals surface area contributed by atoms with Crippen LogP contribution in [-0.4, -0.2) is 37.0 Å². The maximum absolute atomic E-state index is 11.5. The molecule has 13 heavy (non-hydrogen) atoms. The highest BCUT2D eigenvalue weighted by Crippen LogP contribution is 2.29. The number of nitrogens with one attached hydrogen (secondary N) is 1. The lowest BCUT2D eigenvalue weighted by Crippen LogP contribution is -2.38. The molecule has 1 rings (SSSR count). The van der Waals surface area contributed by atoms with Gasteiger partial charge < -0.3 is 10.2 Å². The molecule has 1 unspecified atom stereocenters. The Morgan fingerprint density at radius 3 is 2.62 bits per heavy atom. The first-order valence-electron chi connectivity index (χ1n) is 4.90. The summed E-state index contributed by atoms with van der Waals surface area (Å²) in [4.78, 5) is 13.5. The normalized spacial score (nSPS) is 23.7. The van der Waals surface area contributed by atoms with Gasteiger partial charge in [-0.3, -0.25) is 4.79 Å². The van der Waals surface area contributed by atoms with E-state index in [1.54, 1.807) is 0 Å². The van der Waals surface area contributed by atoms with E-state index in [9.17, 15) is 4.79 Å². The van der Waals surface area contributed by atoms with Gasteiger partial charge in [-0.1, -0.05) is 13.8 Å². The van der Waals surface area contributed by atoms with Crippen molar-refractivity contribution >= 4 is 5.91 Å². The van der Waals surface area contributed by atoms with Crippen molar-refractivity contribution < 1.29 is 4.79 Å². The summed E-state index contributed by atoms with van der Waals surface area (Å²) < 4.78 is 0. The molecule has 0 bridgehead atoms. The van der Waals surface area contributed by atoms with E-state index in [-0.39, 0.29) is 5.41 Å². The van der Waals surface area contributed by atoms with Gasteiger partial charge in [0, 0.05) is 25.6 Å². The van der Waals surface area contributed by atoms with Gasteiger partial charge in [-0.15, -0.1) is 0 Å². The number of nitrogens with zero attached hydrogens (tertiary/aromatic N) is 1. The Kier molecular flexibility index (Phi) is 2.96. The van der Waals surface area contributed by atoms with Crippen molar-refractivity contribution in [2.45, 2.75) is 33.2 Å². The second-order valence-electron chi connectivity index (χ2n) is 4.80. The number of hydrogen-bond acceptors (Lipinski definition) is 2. The van der Waals surface area contributed by atoms with Crippen molar-refractivity contribution in [1.29, 1.82) is 0 Å². The third kappa shape index (κ3) is 2.69. The van der Waals surface area contributed by atoms with Gasteiger partial charge in [0.05, 0.1) is 0 Å². The molecule has 1 fully saturated rings. The minimum atomic E-state index is 0.171. The topological polar surface area (TPSA) is 32.3 Å². The molecule has 0 aromatic rings. The molecule has 0 saturated carbocycles. The van der Waals surface area contributed by atoms with Crippen LogP contribution in [0.1, 0.15) is 27.2 Å². The number of rotatable bonds is 3. The number of amides is 1. The summed E-state index contributed by atoms with van der Waals surface area (Å²) >= 11 is 0. The van der Waals surface area contributed by atoms with Crippen LogP contribution in [0.25, 0.3) is 0 Å². The van der Waals surface area contributed by atoms with E-state index >= 15 is 0 Å². The van der Waals surface area contributed by atoms with Crippen LogP contribution in [0.15, 0.2) is 0 Å². The lowest BCUT2D eigenvalue weighted by molar-refractivity contribution is -0.128. The van der Waals surface area contributed by atoms with E-state index < -0.39 is 0 Å². The average Bonchev–Trinajstić information content (AvgIpc) is 2.24. The molecule has 1 heterocycles. The average molecular weight is 184 g/mol. The fraction of sp³-hybridized carbons (Fsp3) is 0.900. The maximum Gasteiger partial charge on any atom is 0.223 e. The predicted molar refractivity (Wildman–Crippen MR) is 53.5 cm³/mol. The van der Waals surface area contributed by atoms with Crippen LogP contribution in [0.5, 0.6) is 0 Å². The molecule has 3 nitrogen and oxygen atoms in total. The highest BCUT2D eigenvalue weighted by Gasteiger charge is 2.35. The first-order valence-corrected chi connectivity index (χ1v) is 4.90. The second-order valence-corrected chi connectivity index (χ2v) is 4.80. The Morgan fingerprint density at radius 2 is 2.23 bits per heavy atom. The molecule has 0 aromatic heterocycles. The van der Waals surface area contributed by atoms with Crippen molar-refractivity contribution in [3.8, 4) is 0 Å². The zero-order valence-electron chi connectivity index (χ0n) is 9.05. The van der Waals surface area contributed by atoms with Gasteiger partial charge in [0.25, 0.3) is 0 Å². The molecule has 1 aliphatic rings. The number of carbonyl (C=O) groups excluding carboxylic acids is 1. The fourth-order valence-electron chi connectivity index (χ4n) is 1.77. The molecule has 1 aliphatic heterocycles. The number of likely N-dealkylation sites (tertiary alicyclic amines) is 1. The van der Waals surface area contributed by atoms with E-state index in [0.29, 0.717) is 18.4 Å². The van der Waals surface area contributed by atoms with Crippen LogP contribution in [0.2, 0.25) is 0 Å². The third-order valence-electron chi connectivity index (χ3n) is 2.59. The Labute approximate surface area is 80.5 Å². The highest BCUT2D eigenvalue weighted by molar-refractivity contribution is 5.79. The van der Waals surface area contributed by atoms with Gasteiger partial charge in [-0.05, 0) is 19.4 Å². The van der Waals surface area contributed by atoms with Crippen LogP contribution >= 0.6 is 0 Å². The van der Waals surface area contributed by atoms with Gasteiger partial charge in [0.15, 0.2) is 0 Å². The summed E-state index contributed by atoms with van der Waals surface area (Å²) in [6, 6.07) is 0.387. The van der Waals surface area contributed by atoms with Gasteiger partial charge in [-0.2, -0.15) is 0 Å². The zero-order chi connectivity index (χ0) is 10.1. The highest BCUT2D eigenvalue weighted by atomic mass is 16.2. The molecule has 0 aromatic carbocycles. The van der Waals surface area contributed by atoms with E-state index in [0.717, 1.165) is 13.1 Å². The second kappa shape index (κ2) is 3.66. The molecule has 1 amide bonds. The first-order chi connectivity index (χ1) is 5.94. The molecule has 0 radical (unpaired) electrons. The smallest absolute Gasteiger partial charge is 0.223 e. The van der Waals surface area contributed by atoms with Crippen LogP contribution in [-0.2, 0) is 4.79 Å². The summed E-state index contributed by atoms with van der Waals surface area (Å²) in [5.74, 6) is 0.298. The summed E-state index contributed by atoms with van der Waals surface area (Å²) in [6.07, 6.45) is 0.698. The van der Waals surface area contributed by atoms with Crippen LogP contribution in [0, 0.1) is 5.41 Å². The van der Waals surface area contributed by atoms with Crippen molar-refractivity contribution in [2.24, 2.45) is 5.41 Å². The number of carbonyl (C=O) groups is 1. The van der Waals surface area contributed by atoms with Gasteiger partial charge in [-0.25, -0.2) is 0 Å². The number of likely N-dealkylation sites (N-methyl/N-ethyl adjacent to an activating group) is 1. The zero-order valence-corrected chi connectivity index (χ0v) is 9.05. The third-order valence-corrected chi connectivity index (χ3v) is 2.59. The molecule has 0 spiro atoms. The minimum Gasteiger partial charge on any atom is -0.341 e. The largest absolute Gasteiger partial charge is 0.341 e. The van der Waals surface area contributed by atoms with Gasteiger partial charge in [0.2, 0.25) is 5.91 Å². The Morgan fingerprint density at radius 1 is 1.62 bits per heavy atom. The molecule has 1 saturated heterocycles. The summed E-state index contributed by atoms with van der Waals surface area (Å²) in [5, 5.41) is 3.15. The molecular formula is C10H20N2O. The lowest BCUT2D eigenvalue weighted by Gasteiger charge is -2.22. The SMILES string of the molecule is CNC(C)CN1CC(C)(C)CC1=O. The van der Waals surface area contributed by atoms with E-state index in [1.807, 2.05) is 11.9 Å². The molecule has 0 aliphatic carbocycles. The van der Waals surface area contributed by atoms with Gasteiger partial charge in [0.1, 0.15) is 0 Å². The van der Waals surface area contributed by atoms with Crippen molar-refractivity contribution in [1.82, 2.24) is 10.2 Å². The van der Waals surface area contributed by atoms with E-state index in [4.69, 9.17) is 0 Å². The van der Waals surface area contributed by atoms with Crippen molar-refractivity contribution in [3.63, 3.8) is 0 Å². The van der Waals surface area contributed by atoms with E-state index in [1.165, 1.54) is 0 Å². The van der Waals surface area contributed by atoms with Crippen LogP contribution in [0.3, 0.4) is 0 Å². The summed E-state index contributed by atoms with van der Waals surface area (Å²) in [6.45, 7) is 8.12. The fourth-order valence-corrected chi connectivity index (χ4v) is 1.77. The Hall–Kier alpha value is -0.570. The van der Waals surface area contributed by atoms with Crippen LogP contribution < -0.4 is 5.32 Å². The Balaban J connectivity index is 2.49. The molecular weight excluding hydrogens is 164 g/mol. The van der Waals surface area contributed by atoms with E-state index in [2.05, 4.69) is 26.1 Å². The standard InChI is InChI=1S/C10H20N2O/c1-8(11-4)6-12-7-10(2,3)5-9(12)13/h8,11H,5-7H2,1-4H3. The molecule has 3 heteroatoms. The molecule has 1 atom stereocenters. The monoisotopic (exact) mass is 184 g/mol. The van der Waals surface area contributed by atoms with Gasteiger partial charge >= 0.3 is 0 Å². The predicted octanol–water partition coefficient (Wildman–Crippen LogP) is 0.853. The van der Waals surface area contributed by atoms with Crippen molar-refractivity contribution in [2.75, 3.05) is 20.1 Å². The quantitative estimate of drug-likeness (QED) is 0.705. The maximum atomic E-state index is 11.5. The first kappa shape index (κ1) is 10.5. The Bertz CT molecular complexity index is 201. The molecule has 1 N–H and O–H groups in total. The van der Waals surface area contributed by atoms with Crippen molar-refractivity contribution in [3.05, 3.63) is 0 Å². The number of hydrogen-bond donors (Lipinski definition) is 1. The lowest BCUT2D eigenvalue weighted by atomic mass is 9.93. The molecule has 76 valence electrons.